The lowest BCUT2D eigenvalue weighted by Crippen LogP contribution is -2.44. The number of nitrogens with zero attached hydrogens (tertiary/aromatic N) is 6. The first-order valence-corrected chi connectivity index (χ1v) is 19.8. The number of ether oxygens (including phenoxy) is 4. The van der Waals surface area contributed by atoms with Crippen molar-refractivity contribution in [2.75, 3.05) is 66.4 Å². The van der Waals surface area contributed by atoms with E-state index >= 15 is 0 Å². The van der Waals surface area contributed by atoms with Crippen LogP contribution < -0.4 is 34.8 Å². The first-order chi connectivity index (χ1) is 27.3. The number of hydrogen-bond acceptors (Lipinski definition) is 11. The first-order valence-electron chi connectivity index (χ1n) is 19.1. The Morgan fingerprint density at radius 1 is 0.879 bits per heavy atom. The smallest absolute Gasteiger partial charge is 0.420 e. The number of hydrogen-bond donors (Lipinski definition) is 2. The monoisotopic (exact) mass is 840 g/mol. The Bertz CT molecular complexity index is 1960. The summed E-state index contributed by atoms with van der Waals surface area (Å²) in [5.41, 5.74) is -0.143. The lowest BCUT2D eigenvalue weighted by atomic mass is 10.0. The van der Waals surface area contributed by atoms with Gasteiger partial charge in [-0.3, -0.25) is 9.69 Å². The molecule has 2 heterocycles. The fourth-order valence-corrected chi connectivity index (χ4v) is 6.99. The molecule has 17 heteroatoms. The number of carbonyl (C=O) groups is 3. The number of carbonyl (C=O) groups excluding carboxylic acids is 3. The number of aromatic nitrogens is 2. The van der Waals surface area contributed by atoms with E-state index in [2.05, 4.69) is 44.0 Å². The van der Waals surface area contributed by atoms with Gasteiger partial charge in [0.1, 0.15) is 51.8 Å². The zero-order valence-electron chi connectivity index (χ0n) is 34.6. The minimum absolute atomic E-state index is 0.0248. The summed E-state index contributed by atoms with van der Waals surface area (Å²) in [5.74, 6) is 0.00456. The molecule has 0 bridgehead atoms. The predicted octanol–water partition coefficient (Wildman–Crippen LogP) is 8.87. The van der Waals surface area contributed by atoms with Crippen LogP contribution in [0.4, 0.5) is 44.0 Å². The maximum atomic E-state index is 14.2. The number of anilines is 6. The lowest BCUT2D eigenvalue weighted by molar-refractivity contribution is -0.111. The topological polar surface area (TPSA) is 151 Å². The van der Waals surface area contributed by atoms with E-state index in [4.69, 9.17) is 42.1 Å². The fraction of sp³-hybridized carbons (Fsp3) is 0.488. The van der Waals surface area contributed by atoms with Gasteiger partial charge in [0, 0.05) is 43.0 Å². The molecule has 58 heavy (non-hydrogen) atoms. The van der Waals surface area contributed by atoms with Crippen LogP contribution in [0.5, 0.6) is 11.5 Å². The molecule has 2 aromatic carbocycles. The number of amides is 4. The van der Waals surface area contributed by atoms with Crippen LogP contribution in [0.25, 0.3) is 0 Å². The number of nitrogens with one attached hydrogen (secondary N) is 2. The van der Waals surface area contributed by atoms with Crippen LogP contribution in [0.2, 0.25) is 10.0 Å². The van der Waals surface area contributed by atoms with Crippen LogP contribution in [-0.4, -0.2) is 97.3 Å². The Balaban J connectivity index is 1.56. The third-order valence-electron chi connectivity index (χ3n) is 9.59. The van der Waals surface area contributed by atoms with Gasteiger partial charge in [0.15, 0.2) is 0 Å². The average molecular weight is 842 g/mol. The summed E-state index contributed by atoms with van der Waals surface area (Å²) in [6.07, 6.45) is 6.07. The Hall–Kier alpha value is -4.83. The molecule has 314 valence electrons. The zero-order valence-corrected chi connectivity index (χ0v) is 36.2. The van der Waals surface area contributed by atoms with Gasteiger partial charge >= 0.3 is 12.1 Å². The van der Waals surface area contributed by atoms with Crippen molar-refractivity contribution in [1.82, 2.24) is 14.9 Å². The molecule has 3 aromatic rings. The van der Waals surface area contributed by atoms with Gasteiger partial charge in [0.05, 0.1) is 36.9 Å². The fourth-order valence-electron chi connectivity index (χ4n) is 6.40. The van der Waals surface area contributed by atoms with Crippen molar-refractivity contribution in [2.45, 2.75) is 90.5 Å². The summed E-state index contributed by atoms with van der Waals surface area (Å²) < 4.78 is 22.7. The number of urea groups is 1. The van der Waals surface area contributed by atoms with Gasteiger partial charge in [0.25, 0.3) is 0 Å². The highest BCUT2D eigenvalue weighted by Gasteiger charge is 2.34. The molecule has 5 rings (SSSR count). The number of halogens is 2. The molecule has 0 unspecified atom stereocenters. The summed E-state index contributed by atoms with van der Waals surface area (Å²) >= 11 is 13.2. The number of rotatable bonds is 13. The average Bonchev–Trinajstić information content (AvgIpc) is 4.02. The van der Waals surface area contributed by atoms with E-state index in [1.54, 1.807) is 26.8 Å². The lowest BCUT2D eigenvalue weighted by Gasteiger charge is -2.38. The number of piperidine rings is 1. The largest absolute Gasteiger partial charge is 0.495 e. The predicted molar refractivity (Wildman–Crippen MR) is 228 cm³/mol. The molecule has 0 spiro atoms. The molecule has 15 nitrogen and oxygen atoms in total. The molecule has 0 atom stereocenters. The molecule has 1 saturated heterocycles. The van der Waals surface area contributed by atoms with Crippen molar-refractivity contribution in [2.24, 2.45) is 0 Å². The Morgan fingerprint density at radius 3 is 2.03 bits per heavy atom. The van der Waals surface area contributed by atoms with Gasteiger partial charge in [-0.05, 0) is 98.5 Å². The van der Waals surface area contributed by atoms with E-state index in [0.29, 0.717) is 17.8 Å². The molecule has 2 N–H and O–H groups in total. The van der Waals surface area contributed by atoms with Crippen molar-refractivity contribution < 1.29 is 33.3 Å². The maximum Gasteiger partial charge on any atom is 0.420 e. The van der Waals surface area contributed by atoms with Crippen LogP contribution in [0.1, 0.15) is 67.2 Å². The van der Waals surface area contributed by atoms with E-state index < -0.39 is 29.2 Å². The van der Waals surface area contributed by atoms with Crippen LogP contribution in [-0.2, 0) is 14.3 Å². The molecule has 1 aliphatic carbocycles. The Morgan fingerprint density at radius 2 is 1.48 bits per heavy atom. The highest BCUT2D eigenvalue weighted by atomic mass is 35.5. The highest BCUT2D eigenvalue weighted by Crippen LogP contribution is 2.44. The highest BCUT2D eigenvalue weighted by molar-refractivity contribution is 6.41. The van der Waals surface area contributed by atoms with Crippen molar-refractivity contribution in [1.29, 1.82) is 0 Å². The third-order valence-corrected chi connectivity index (χ3v) is 10.3. The van der Waals surface area contributed by atoms with Crippen molar-refractivity contribution in [3.8, 4) is 11.5 Å². The van der Waals surface area contributed by atoms with E-state index in [0.717, 1.165) is 37.7 Å². The summed E-state index contributed by atoms with van der Waals surface area (Å²) in [7, 11) is 5.05. The quantitative estimate of drug-likeness (QED) is 0.125. The maximum absolute atomic E-state index is 14.2. The van der Waals surface area contributed by atoms with Gasteiger partial charge < -0.3 is 39.4 Å². The van der Waals surface area contributed by atoms with E-state index in [-0.39, 0.29) is 51.3 Å². The molecular formula is C41H54Cl2N8O7. The second kappa shape index (κ2) is 18.4. The SMILES string of the molecule is C=CC(=O)Nc1cc(N2CCC(N(C)C3CC3)CC2)ccc1N(C(=O)OC(C)(C)C)c1cc(N(COC(C)(C)C)C(=O)Nc2c(Cl)c(OC)cc(OC)c2Cl)ncn1. The van der Waals surface area contributed by atoms with E-state index in [9.17, 15) is 14.4 Å². The summed E-state index contributed by atoms with van der Waals surface area (Å²) in [5, 5.41) is 5.69. The van der Waals surface area contributed by atoms with E-state index in [1.807, 2.05) is 32.9 Å². The van der Waals surface area contributed by atoms with Crippen LogP contribution in [0.3, 0.4) is 0 Å². The van der Waals surface area contributed by atoms with Crippen LogP contribution in [0.15, 0.2) is 49.3 Å². The van der Waals surface area contributed by atoms with Crippen molar-refractivity contribution in [3.63, 3.8) is 0 Å². The second-order valence-corrected chi connectivity index (χ2v) is 16.8. The van der Waals surface area contributed by atoms with Gasteiger partial charge in [-0.1, -0.05) is 29.8 Å². The molecular weight excluding hydrogens is 787 g/mol. The second-order valence-electron chi connectivity index (χ2n) is 16.1. The summed E-state index contributed by atoms with van der Waals surface area (Å²) in [6, 6.07) is 8.84. The number of benzene rings is 2. The molecule has 4 amide bonds. The number of methoxy groups -OCH3 is 2. The minimum Gasteiger partial charge on any atom is -0.495 e. The van der Waals surface area contributed by atoms with Gasteiger partial charge in [-0.15, -0.1) is 0 Å². The Kier molecular flexibility index (Phi) is 14.0. The first kappa shape index (κ1) is 44.3. The molecule has 1 aliphatic heterocycles. The zero-order chi connectivity index (χ0) is 42.5. The normalized spacial score (nSPS) is 14.8. The van der Waals surface area contributed by atoms with Crippen molar-refractivity contribution in [3.05, 3.63) is 59.4 Å². The Labute approximate surface area is 350 Å². The van der Waals surface area contributed by atoms with Crippen LogP contribution >= 0.6 is 23.2 Å². The molecule has 1 aromatic heterocycles. The van der Waals surface area contributed by atoms with Gasteiger partial charge in [-0.2, -0.15) is 0 Å². The molecule has 1 saturated carbocycles. The molecule has 0 radical (unpaired) electrons. The van der Waals surface area contributed by atoms with Crippen LogP contribution in [0, 0.1) is 0 Å². The summed E-state index contributed by atoms with van der Waals surface area (Å²) in [4.78, 5) is 57.4. The standard InChI is InChI=1S/C41H54Cl2N8O7/c1-11-34(52)46-28-20-27(49-18-16-26(17-19-49)48(8)25-12-13-25)14-15-29(28)51(39(54)58-41(5,6)7)33-22-32(44-23-45-33)50(24-57-40(2,3)4)38(53)47-37-35(42)30(55-9)21-31(56-10)36(37)43/h11,14-15,20-23,25-26H,1,12-13,16-19,24H2,2-10H3,(H,46,52)(H,47,53). The van der Waals surface area contributed by atoms with Crippen molar-refractivity contribution >= 4 is 75.6 Å². The van der Waals surface area contributed by atoms with Gasteiger partial charge in [-0.25, -0.2) is 24.5 Å². The van der Waals surface area contributed by atoms with Gasteiger partial charge in [0.2, 0.25) is 5.91 Å². The third kappa shape index (κ3) is 11.0. The summed E-state index contributed by atoms with van der Waals surface area (Å²) in [6.45, 7) is 15.7. The minimum atomic E-state index is -0.920. The molecule has 2 fully saturated rings. The molecule has 2 aliphatic rings. The van der Waals surface area contributed by atoms with E-state index in [1.165, 1.54) is 55.3 Å².